The normalized spacial score (nSPS) is 26.1. The summed E-state index contributed by atoms with van der Waals surface area (Å²) in [4.78, 5) is 24.7. The number of carbonyl (C=O) groups excluding carboxylic acids is 2. The first-order valence-electron chi connectivity index (χ1n) is 10.9. The molecule has 0 radical (unpaired) electrons. The van der Waals surface area contributed by atoms with Gasteiger partial charge in [0.1, 0.15) is 0 Å². The predicted molar refractivity (Wildman–Crippen MR) is 116 cm³/mol. The Morgan fingerprint density at radius 3 is 2.83 bits per heavy atom. The third kappa shape index (κ3) is 5.71. The molecule has 29 heavy (non-hydrogen) atoms. The molecule has 0 amide bonds. The van der Waals surface area contributed by atoms with Gasteiger partial charge < -0.3 is 9.84 Å². The maximum absolute atomic E-state index is 12.6. The summed E-state index contributed by atoms with van der Waals surface area (Å²) in [5.41, 5.74) is 2.79. The highest BCUT2D eigenvalue weighted by Gasteiger charge is 2.33. The van der Waals surface area contributed by atoms with Crippen molar-refractivity contribution >= 4 is 11.6 Å². The zero-order valence-electron chi connectivity index (χ0n) is 18.5. The van der Waals surface area contributed by atoms with Gasteiger partial charge in [-0.3, -0.25) is 9.59 Å². The third-order valence-electron chi connectivity index (χ3n) is 6.50. The number of aliphatic hydroxyl groups excluding tert-OH is 1. The van der Waals surface area contributed by atoms with Gasteiger partial charge in [-0.2, -0.15) is 0 Å². The van der Waals surface area contributed by atoms with Crippen LogP contribution < -0.4 is 0 Å². The van der Waals surface area contributed by atoms with Gasteiger partial charge in [0.05, 0.1) is 12.2 Å². The summed E-state index contributed by atoms with van der Waals surface area (Å²) in [5, 5.41) is 10.1. The maximum Gasteiger partial charge on any atom is 0.227 e. The summed E-state index contributed by atoms with van der Waals surface area (Å²) in [6.07, 6.45) is 10.6. The molecule has 0 saturated heterocycles. The van der Waals surface area contributed by atoms with Gasteiger partial charge in [0, 0.05) is 6.08 Å². The van der Waals surface area contributed by atoms with Crippen LogP contribution in [0.15, 0.2) is 47.0 Å². The number of carbonyl (C=O) groups is 2. The summed E-state index contributed by atoms with van der Waals surface area (Å²) in [7, 11) is 0. The summed E-state index contributed by atoms with van der Waals surface area (Å²) in [5.74, 6) is -0.782. The molecule has 2 atom stereocenters. The second-order valence-corrected chi connectivity index (χ2v) is 8.86. The van der Waals surface area contributed by atoms with Crippen molar-refractivity contribution in [1.29, 1.82) is 0 Å². The van der Waals surface area contributed by atoms with Crippen molar-refractivity contribution in [2.45, 2.75) is 79.1 Å². The number of Topliss-reactive ketones (excluding diaryl/α,β-unsaturated/α-hetero) is 1. The number of ketones is 2. The molecule has 0 heterocycles. The Kier molecular flexibility index (Phi) is 8.06. The largest absolute Gasteiger partial charge is 0.504 e. The molecule has 2 rings (SSSR count). The van der Waals surface area contributed by atoms with Crippen LogP contribution in [-0.2, 0) is 14.3 Å². The van der Waals surface area contributed by atoms with Crippen molar-refractivity contribution in [3.05, 3.63) is 47.0 Å². The molecule has 0 aromatic carbocycles. The van der Waals surface area contributed by atoms with E-state index in [0.29, 0.717) is 12.5 Å². The number of allylic oxidation sites excluding steroid dienone is 5. The van der Waals surface area contributed by atoms with E-state index in [0.717, 1.165) is 37.3 Å². The van der Waals surface area contributed by atoms with E-state index in [9.17, 15) is 14.7 Å². The lowest BCUT2D eigenvalue weighted by Gasteiger charge is -2.40. The minimum atomic E-state index is -0.558. The van der Waals surface area contributed by atoms with Crippen LogP contribution in [0, 0.1) is 11.3 Å². The Labute approximate surface area is 175 Å². The molecular formula is C25H36O4. The van der Waals surface area contributed by atoms with Crippen LogP contribution in [0.1, 0.15) is 79.1 Å². The maximum atomic E-state index is 12.6. The fourth-order valence-corrected chi connectivity index (χ4v) is 4.15. The van der Waals surface area contributed by atoms with E-state index in [1.807, 2.05) is 19.9 Å². The second-order valence-electron chi connectivity index (χ2n) is 8.86. The average Bonchev–Trinajstić information content (AvgIpc) is 2.68. The fourth-order valence-electron chi connectivity index (χ4n) is 4.15. The molecule has 0 bridgehead atoms. The first kappa shape index (κ1) is 23.2. The third-order valence-corrected chi connectivity index (χ3v) is 6.50. The Hall–Kier alpha value is -2.10. The van der Waals surface area contributed by atoms with Crippen molar-refractivity contribution in [1.82, 2.24) is 0 Å². The lowest BCUT2D eigenvalue weighted by atomic mass is 9.65. The lowest BCUT2D eigenvalue weighted by molar-refractivity contribution is -0.120. The highest BCUT2D eigenvalue weighted by molar-refractivity contribution is 6.20. The average molecular weight is 401 g/mol. The van der Waals surface area contributed by atoms with Crippen LogP contribution in [0.2, 0.25) is 0 Å². The molecule has 160 valence electrons. The summed E-state index contributed by atoms with van der Waals surface area (Å²) < 4.78 is 5.47. The fraction of sp³-hybridized carbons (Fsp3) is 0.600. The van der Waals surface area contributed by atoms with Crippen LogP contribution in [0.3, 0.4) is 0 Å². The van der Waals surface area contributed by atoms with Crippen LogP contribution in [0.25, 0.3) is 0 Å². The van der Waals surface area contributed by atoms with Crippen molar-refractivity contribution in [3.63, 3.8) is 0 Å². The second kappa shape index (κ2) is 10.1. The van der Waals surface area contributed by atoms with Gasteiger partial charge in [-0.05, 0) is 56.8 Å². The molecule has 2 aliphatic carbocycles. The van der Waals surface area contributed by atoms with Crippen molar-refractivity contribution in [2.75, 3.05) is 6.61 Å². The molecule has 1 saturated carbocycles. The molecular weight excluding hydrogens is 364 g/mol. The van der Waals surface area contributed by atoms with Crippen molar-refractivity contribution < 1.29 is 19.4 Å². The minimum Gasteiger partial charge on any atom is -0.504 e. The first-order valence-corrected chi connectivity index (χ1v) is 10.9. The highest BCUT2D eigenvalue weighted by atomic mass is 16.5. The lowest BCUT2D eigenvalue weighted by Crippen LogP contribution is -2.27. The smallest absolute Gasteiger partial charge is 0.227 e. The highest BCUT2D eigenvalue weighted by Crippen LogP contribution is 2.46. The van der Waals surface area contributed by atoms with Gasteiger partial charge in [0.2, 0.25) is 11.6 Å². The van der Waals surface area contributed by atoms with E-state index in [1.165, 1.54) is 24.8 Å². The van der Waals surface area contributed by atoms with Crippen molar-refractivity contribution in [3.8, 4) is 0 Å². The van der Waals surface area contributed by atoms with Gasteiger partial charge in [0.25, 0.3) is 0 Å². The molecule has 0 aliphatic heterocycles. The number of aliphatic hydroxyl groups is 1. The standard InChI is InChI=1S/C25H36O4/c1-6-7-15-29-22-16-21(26)23(27)20(24(22)28)11-10-17(2)12-14-25(5)13-8-9-18(3)19(25)4/h10,16,18,27H,4,6-9,11-15H2,1-3,5H3/b17-10+/t18-,25-/m1/s1. The number of hydrogen-bond donors (Lipinski definition) is 1. The van der Waals surface area contributed by atoms with Gasteiger partial charge in [-0.15, -0.1) is 0 Å². The molecule has 4 heteroatoms. The minimum absolute atomic E-state index is 0.0438. The molecule has 0 spiro atoms. The number of unbranched alkanes of at least 4 members (excludes halogenated alkanes) is 1. The number of rotatable bonds is 9. The van der Waals surface area contributed by atoms with Crippen LogP contribution in [-0.4, -0.2) is 23.3 Å². The summed E-state index contributed by atoms with van der Waals surface area (Å²) in [6, 6.07) is 0. The summed E-state index contributed by atoms with van der Waals surface area (Å²) in [6.45, 7) is 13.4. The number of hydrogen-bond acceptors (Lipinski definition) is 4. The monoisotopic (exact) mass is 400 g/mol. The van der Waals surface area contributed by atoms with Gasteiger partial charge in [-0.1, -0.05) is 57.4 Å². The zero-order valence-corrected chi connectivity index (χ0v) is 18.5. The Morgan fingerprint density at radius 1 is 1.41 bits per heavy atom. The molecule has 1 N–H and O–H groups in total. The van der Waals surface area contributed by atoms with E-state index >= 15 is 0 Å². The van der Waals surface area contributed by atoms with Crippen molar-refractivity contribution in [2.24, 2.45) is 11.3 Å². The first-order chi connectivity index (χ1) is 13.7. The Balaban J connectivity index is 1.99. The summed E-state index contributed by atoms with van der Waals surface area (Å²) >= 11 is 0. The van der Waals surface area contributed by atoms with Crippen LogP contribution >= 0.6 is 0 Å². The molecule has 0 aromatic heterocycles. The van der Waals surface area contributed by atoms with E-state index in [2.05, 4.69) is 20.4 Å². The number of ether oxygens (including phenoxy) is 1. The molecule has 4 nitrogen and oxygen atoms in total. The Morgan fingerprint density at radius 2 is 2.14 bits per heavy atom. The molecule has 2 aliphatic rings. The molecule has 0 aromatic rings. The topological polar surface area (TPSA) is 63.6 Å². The van der Waals surface area contributed by atoms with E-state index < -0.39 is 11.5 Å². The van der Waals surface area contributed by atoms with E-state index in [4.69, 9.17) is 4.74 Å². The van der Waals surface area contributed by atoms with Crippen LogP contribution in [0.4, 0.5) is 0 Å². The SMILES string of the molecule is C=C1[C@H](C)CCC[C@]1(C)CC/C(C)=C/CC1=C(O)C(=O)C=C(OCCCC)C1=O. The van der Waals surface area contributed by atoms with E-state index in [-0.39, 0.29) is 29.0 Å². The van der Waals surface area contributed by atoms with Gasteiger partial charge in [0.15, 0.2) is 11.5 Å². The Bertz CT molecular complexity index is 753. The molecule has 1 fully saturated rings. The zero-order chi connectivity index (χ0) is 21.6. The predicted octanol–water partition coefficient (Wildman–Crippen LogP) is 6.15. The molecule has 0 unspecified atom stereocenters. The van der Waals surface area contributed by atoms with Gasteiger partial charge in [-0.25, -0.2) is 0 Å². The van der Waals surface area contributed by atoms with E-state index in [1.54, 1.807) is 0 Å². The quantitative estimate of drug-likeness (QED) is 0.286. The van der Waals surface area contributed by atoms with Gasteiger partial charge >= 0.3 is 0 Å². The van der Waals surface area contributed by atoms with Crippen LogP contribution in [0.5, 0.6) is 0 Å².